The normalized spacial score (nSPS) is 17.9. The van der Waals surface area contributed by atoms with Gasteiger partial charge < -0.3 is 9.64 Å². The lowest BCUT2D eigenvalue weighted by molar-refractivity contribution is 0.0418. The predicted octanol–water partition coefficient (Wildman–Crippen LogP) is 6.91. The highest BCUT2D eigenvalue weighted by Gasteiger charge is 2.26. The molecule has 0 aliphatic carbocycles. The molecule has 2 heterocycles. The first-order valence-electron chi connectivity index (χ1n) is 14.3. The van der Waals surface area contributed by atoms with Crippen molar-refractivity contribution in [3.63, 3.8) is 0 Å². The number of hydrogen-bond donors (Lipinski definition) is 1. The monoisotopic (exact) mass is 531 g/mol. The van der Waals surface area contributed by atoms with Crippen LogP contribution in [0, 0.1) is 0 Å². The number of ether oxygens (including phenoxy) is 1. The Kier molecular flexibility index (Phi) is 8.54. The number of hydroxylamine groups is 1. The third kappa shape index (κ3) is 6.62. The van der Waals surface area contributed by atoms with Gasteiger partial charge in [-0.1, -0.05) is 91.0 Å². The molecule has 0 spiro atoms. The number of rotatable bonds is 10. The molecule has 0 saturated carbocycles. The van der Waals surface area contributed by atoms with E-state index in [2.05, 4.69) is 94.2 Å². The zero-order chi connectivity index (χ0) is 27.0. The van der Waals surface area contributed by atoms with Crippen LogP contribution in [0.4, 0.5) is 0 Å². The summed E-state index contributed by atoms with van der Waals surface area (Å²) < 4.78 is 6.01. The summed E-state index contributed by atoms with van der Waals surface area (Å²) in [6, 6.07) is 40.1. The van der Waals surface area contributed by atoms with Crippen molar-refractivity contribution in [1.82, 2.24) is 15.3 Å². The van der Waals surface area contributed by atoms with Crippen LogP contribution >= 0.6 is 0 Å². The lowest BCUT2D eigenvalue weighted by Crippen LogP contribution is -2.48. The number of piperazine rings is 1. The summed E-state index contributed by atoms with van der Waals surface area (Å²) in [7, 11) is 0. The fourth-order valence-electron chi connectivity index (χ4n) is 5.69. The van der Waals surface area contributed by atoms with Crippen LogP contribution in [0.25, 0.3) is 5.70 Å². The highest BCUT2D eigenvalue weighted by molar-refractivity contribution is 5.66. The Bertz CT molecular complexity index is 1330. The van der Waals surface area contributed by atoms with Crippen molar-refractivity contribution >= 4 is 5.70 Å². The molecule has 5 heteroatoms. The Morgan fingerprint density at radius 2 is 1.35 bits per heavy atom. The summed E-state index contributed by atoms with van der Waals surface area (Å²) >= 11 is 0. The molecule has 4 aromatic rings. The van der Waals surface area contributed by atoms with Crippen LogP contribution in [0.3, 0.4) is 0 Å². The molecule has 1 N–H and O–H groups in total. The van der Waals surface area contributed by atoms with E-state index >= 15 is 0 Å². The standard InChI is InChI=1S/C35H37N3O2/c1-4-12-28(13-5-1)35(29-14-6-2-7-15-29)38-24-22-37(23-25-38)21-11-20-33-27-34(36-40-33)30-16-10-19-32(26-30)39-31-17-8-3-9-18-31/h1-10,12-19,26-27,33,35-36H,11,20-25H2. The molecule has 0 amide bonds. The maximum atomic E-state index is 6.01. The summed E-state index contributed by atoms with van der Waals surface area (Å²) in [5, 5.41) is 0. The highest BCUT2D eigenvalue weighted by Crippen LogP contribution is 2.30. The second-order valence-electron chi connectivity index (χ2n) is 10.5. The summed E-state index contributed by atoms with van der Waals surface area (Å²) in [4.78, 5) is 11.1. The molecular formula is C35H37N3O2. The van der Waals surface area contributed by atoms with E-state index in [9.17, 15) is 0 Å². The second-order valence-corrected chi connectivity index (χ2v) is 10.5. The molecular weight excluding hydrogens is 494 g/mol. The first kappa shape index (κ1) is 26.3. The SMILES string of the molecule is C1=C(c2cccc(Oc3ccccc3)c2)NOC1CCCN1CCN(C(c2ccccc2)c2ccccc2)CC1. The van der Waals surface area contributed by atoms with E-state index in [1.165, 1.54) is 11.1 Å². The fraction of sp³-hybridized carbons (Fsp3) is 0.257. The van der Waals surface area contributed by atoms with Gasteiger partial charge in [0.1, 0.15) is 17.6 Å². The van der Waals surface area contributed by atoms with Crippen molar-refractivity contribution in [2.24, 2.45) is 0 Å². The van der Waals surface area contributed by atoms with Gasteiger partial charge in [-0.15, -0.1) is 0 Å². The van der Waals surface area contributed by atoms with Crippen molar-refractivity contribution in [3.8, 4) is 11.5 Å². The lowest BCUT2D eigenvalue weighted by atomic mass is 9.96. The maximum absolute atomic E-state index is 6.01. The summed E-state index contributed by atoms with van der Waals surface area (Å²) in [5.41, 5.74) is 7.95. The molecule has 4 aromatic carbocycles. The third-order valence-corrected chi connectivity index (χ3v) is 7.76. The molecule has 6 rings (SSSR count). The van der Waals surface area contributed by atoms with E-state index in [0.717, 1.165) is 68.3 Å². The van der Waals surface area contributed by atoms with Crippen LogP contribution in [-0.2, 0) is 4.84 Å². The van der Waals surface area contributed by atoms with E-state index in [1.54, 1.807) is 0 Å². The highest BCUT2D eigenvalue weighted by atomic mass is 16.7. The predicted molar refractivity (Wildman–Crippen MR) is 161 cm³/mol. The molecule has 2 aliphatic heterocycles. The molecule has 1 unspecified atom stereocenters. The first-order valence-corrected chi connectivity index (χ1v) is 14.3. The van der Waals surface area contributed by atoms with Gasteiger partial charge >= 0.3 is 0 Å². The van der Waals surface area contributed by atoms with Gasteiger partial charge in [-0.3, -0.25) is 15.2 Å². The topological polar surface area (TPSA) is 37.0 Å². The second kappa shape index (κ2) is 13.0. The van der Waals surface area contributed by atoms with Gasteiger partial charge in [-0.2, -0.15) is 0 Å². The van der Waals surface area contributed by atoms with Crippen LogP contribution in [0.2, 0.25) is 0 Å². The third-order valence-electron chi connectivity index (χ3n) is 7.76. The van der Waals surface area contributed by atoms with Gasteiger partial charge in [-0.05, 0) is 60.9 Å². The Labute approximate surface area is 237 Å². The van der Waals surface area contributed by atoms with Crippen LogP contribution < -0.4 is 10.2 Å². The van der Waals surface area contributed by atoms with E-state index in [4.69, 9.17) is 9.57 Å². The zero-order valence-corrected chi connectivity index (χ0v) is 22.9. The van der Waals surface area contributed by atoms with Gasteiger partial charge in [-0.25, -0.2) is 0 Å². The molecule has 1 atom stereocenters. The fourth-order valence-corrected chi connectivity index (χ4v) is 5.69. The van der Waals surface area contributed by atoms with Gasteiger partial charge in [0.15, 0.2) is 0 Å². The largest absolute Gasteiger partial charge is 0.457 e. The molecule has 5 nitrogen and oxygen atoms in total. The van der Waals surface area contributed by atoms with Gasteiger partial charge in [0.05, 0.1) is 11.7 Å². The Balaban J connectivity index is 0.990. The molecule has 0 bridgehead atoms. The maximum Gasteiger partial charge on any atom is 0.128 e. The smallest absolute Gasteiger partial charge is 0.128 e. The molecule has 0 aromatic heterocycles. The van der Waals surface area contributed by atoms with Crippen LogP contribution in [0.5, 0.6) is 11.5 Å². The molecule has 1 fully saturated rings. The number of benzene rings is 4. The van der Waals surface area contributed by atoms with E-state index in [-0.39, 0.29) is 6.10 Å². The number of nitrogens with one attached hydrogen (secondary N) is 1. The minimum atomic E-state index is 0.0792. The molecule has 1 saturated heterocycles. The zero-order valence-electron chi connectivity index (χ0n) is 22.9. The van der Waals surface area contributed by atoms with Crippen LogP contribution in [0.15, 0.2) is 121 Å². The number of para-hydroxylation sites is 1. The Morgan fingerprint density at radius 1 is 0.725 bits per heavy atom. The van der Waals surface area contributed by atoms with E-state index in [0.29, 0.717) is 6.04 Å². The lowest BCUT2D eigenvalue weighted by Gasteiger charge is -2.40. The van der Waals surface area contributed by atoms with Crippen molar-refractivity contribution < 1.29 is 9.57 Å². The van der Waals surface area contributed by atoms with Gasteiger partial charge in [0.2, 0.25) is 0 Å². The van der Waals surface area contributed by atoms with E-state index < -0.39 is 0 Å². The summed E-state index contributed by atoms with van der Waals surface area (Å²) in [5.74, 6) is 1.65. The van der Waals surface area contributed by atoms with Crippen molar-refractivity contribution in [2.75, 3.05) is 32.7 Å². The molecule has 0 radical (unpaired) electrons. The summed E-state index contributed by atoms with van der Waals surface area (Å²) in [6.07, 6.45) is 4.38. The number of hydrogen-bond acceptors (Lipinski definition) is 5. The Morgan fingerprint density at radius 3 is 2.02 bits per heavy atom. The molecule has 204 valence electrons. The molecule has 40 heavy (non-hydrogen) atoms. The van der Waals surface area contributed by atoms with E-state index in [1.807, 2.05) is 42.5 Å². The number of nitrogens with zero attached hydrogens (tertiary/aromatic N) is 2. The van der Waals surface area contributed by atoms with Gasteiger partial charge in [0.25, 0.3) is 0 Å². The van der Waals surface area contributed by atoms with Crippen LogP contribution in [-0.4, -0.2) is 48.6 Å². The van der Waals surface area contributed by atoms with Crippen molar-refractivity contribution in [2.45, 2.75) is 25.0 Å². The first-order chi connectivity index (χ1) is 19.8. The minimum absolute atomic E-state index is 0.0792. The van der Waals surface area contributed by atoms with Crippen molar-refractivity contribution in [1.29, 1.82) is 0 Å². The minimum Gasteiger partial charge on any atom is -0.457 e. The van der Waals surface area contributed by atoms with Crippen LogP contribution in [0.1, 0.15) is 35.6 Å². The molecule has 2 aliphatic rings. The van der Waals surface area contributed by atoms with Gasteiger partial charge in [0, 0.05) is 31.7 Å². The quantitative estimate of drug-likeness (QED) is 0.241. The Hall–Kier alpha value is -3.90. The summed E-state index contributed by atoms with van der Waals surface area (Å²) in [6.45, 7) is 5.42. The average molecular weight is 532 g/mol. The average Bonchev–Trinajstić information content (AvgIpc) is 3.49. The van der Waals surface area contributed by atoms with Crippen molar-refractivity contribution in [3.05, 3.63) is 138 Å².